The molecule has 62 heavy (non-hydrogen) atoms. The Morgan fingerprint density at radius 2 is 1.08 bits per heavy atom. The molecule has 8 aliphatic carbocycles. The number of hydrogen-bond acceptors (Lipinski definition) is 2. The van der Waals surface area contributed by atoms with Crippen molar-refractivity contribution in [3.63, 3.8) is 0 Å². The topological polar surface area (TPSA) is 26.3 Å². The van der Waals surface area contributed by atoms with Crippen molar-refractivity contribution in [3.8, 4) is 0 Å². The van der Waals surface area contributed by atoms with Gasteiger partial charge in [0.1, 0.15) is 0 Å². The van der Waals surface area contributed by atoms with Gasteiger partial charge in [0.2, 0.25) is 0 Å². The van der Waals surface area contributed by atoms with Crippen LogP contribution in [0.3, 0.4) is 0 Å². The molecule has 0 unspecified atom stereocenters. The molecule has 0 bridgehead atoms. The number of Topliss-reactive ketones (excluding diaryl/α,β-unsaturated/α-hetero) is 1. The number of carbonyl (C=O) groups excluding carboxylic acids is 1. The Labute approximate surface area is 382 Å². The zero-order chi connectivity index (χ0) is 44.4. The minimum absolute atomic E-state index is 0.1000. The van der Waals surface area contributed by atoms with E-state index in [1.54, 1.807) is 5.57 Å². The normalized spacial score (nSPS) is 44.4. The molecule has 0 saturated heterocycles. The van der Waals surface area contributed by atoms with Crippen molar-refractivity contribution in [1.82, 2.24) is 0 Å². The molecule has 1 spiro atoms. The van der Waals surface area contributed by atoms with E-state index in [1.807, 2.05) is 22.3 Å². The summed E-state index contributed by atoms with van der Waals surface area (Å²) in [5.74, 6) is 10.3. The van der Waals surface area contributed by atoms with Crippen LogP contribution < -0.4 is 0 Å². The second-order valence-electron chi connectivity index (χ2n) is 26.5. The van der Waals surface area contributed by atoms with Crippen molar-refractivity contribution >= 4 is 5.78 Å². The highest BCUT2D eigenvalue weighted by Gasteiger charge is 2.73. The standard InChI is InChI=1S/C60H96O2/c1-14-41(37(3)4)18-16-39(7)46-22-24-48-43-20-21-50-45-36-60-35-26-44-49-25-23-47(40(8)17-19-42(15-2)38(5)6)56(49,10)32-28-52(44)58(60,12)34-30-54(61)59(60,13)62-53(45)29-33-57(50,11)51(43)27-31-55(46,48)9/h37-42,46-47,50-52H,14-36H2,1-13H3/t39-,40-,41+,42+,46-,47-,50+,51+,52+,55-,56-,57+,58-,59+,60-/m1/s1. The SMILES string of the molecule is CC[C@@H](CC[C@@H](C)[C@H]1CCC2=C3CC[C@H]4C5=C(CC[C@]4(C)[C@H]3CC[C@@]21C)O[C@@]1(C)C(=O)CC[C@]2(C)[C@H]3CC[C@@]4(C)C(=C3CC[C@]12C5)CC[C@@H]4[C@H](C)CC[C@H](CC)C(C)C)C(C)C. The third kappa shape index (κ3) is 6.47. The fraction of sp³-hybridized carbons (Fsp3) is 0.883. The summed E-state index contributed by atoms with van der Waals surface area (Å²) in [6.07, 6.45) is 29.5. The number of ether oxygens (including phenoxy) is 1. The molecule has 1 aliphatic heterocycles. The lowest BCUT2D eigenvalue weighted by molar-refractivity contribution is -0.222. The van der Waals surface area contributed by atoms with Crippen LogP contribution in [0, 0.1) is 92.2 Å². The molecule has 2 heteroatoms. The lowest BCUT2D eigenvalue weighted by atomic mass is 9.37. The highest BCUT2D eigenvalue weighted by molar-refractivity contribution is 5.90. The van der Waals surface area contributed by atoms with E-state index >= 15 is 0 Å². The number of rotatable bonds is 12. The molecule has 1 heterocycles. The zero-order valence-electron chi connectivity index (χ0n) is 42.9. The predicted molar refractivity (Wildman–Crippen MR) is 260 cm³/mol. The minimum atomic E-state index is -0.682. The number of fused-ring (bicyclic) bond motifs is 8. The highest BCUT2D eigenvalue weighted by atomic mass is 16.5. The fourth-order valence-corrected chi connectivity index (χ4v) is 20.0. The molecule has 9 aliphatic rings. The summed E-state index contributed by atoms with van der Waals surface area (Å²) < 4.78 is 7.55. The molecule has 0 N–H and O–H groups in total. The molecule has 0 aromatic carbocycles. The maximum atomic E-state index is 14.6. The number of ketones is 1. The Balaban J connectivity index is 0.982. The number of allylic oxidation sites excluding steroid dienone is 6. The largest absolute Gasteiger partial charge is 0.484 e. The van der Waals surface area contributed by atoms with Gasteiger partial charge in [-0.25, -0.2) is 0 Å². The molecule has 348 valence electrons. The lowest BCUT2D eigenvalue weighted by Crippen LogP contribution is -2.69. The van der Waals surface area contributed by atoms with Crippen molar-refractivity contribution in [3.05, 3.63) is 33.6 Å². The minimum Gasteiger partial charge on any atom is -0.484 e. The van der Waals surface area contributed by atoms with Crippen LogP contribution in [-0.4, -0.2) is 11.4 Å². The molecule has 0 aromatic heterocycles. The summed E-state index contributed by atoms with van der Waals surface area (Å²) in [5.41, 5.74) is 9.81. The third-order valence-corrected chi connectivity index (χ3v) is 24.0. The Morgan fingerprint density at radius 3 is 1.63 bits per heavy atom. The van der Waals surface area contributed by atoms with Crippen LogP contribution in [0.5, 0.6) is 0 Å². The van der Waals surface area contributed by atoms with E-state index in [2.05, 4.69) is 90.0 Å². The van der Waals surface area contributed by atoms with E-state index in [1.165, 1.54) is 121 Å². The van der Waals surface area contributed by atoms with Gasteiger partial charge in [0.15, 0.2) is 11.4 Å². The summed E-state index contributed by atoms with van der Waals surface area (Å²) >= 11 is 0. The van der Waals surface area contributed by atoms with Crippen molar-refractivity contribution in [2.75, 3.05) is 0 Å². The third-order valence-electron chi connectivity index (χ3n) is 24.0. The van der Waals surface area contributed by atoms with Crippen LogP contribution >= 0.6 is 0 Å². The van der Waals surface area contributed by atoms with Crippen LogP contribution in [0.4, 0.5) is 0 Å². The van der Waals surface area contributed by atoms with Crippen LogP contribution in [0.25, 0.3) is 0 Å². The van der Waals surface area contributed by atoms with Crippen molar-refractivity contribution < 1.29 is 9.53 Å². The van der Waals surface area contributed by atoms with E-state index in [4.69, 9.17) is 4.74 Å². The predicted octanol–water partition coefficient (Wildman–Crippen LogP) is 17.2. The quantitative estimate of drug-likeness (QED) is 0.183. The molecular formula is C60H96O2. The second kappa shape index (κ2) is 16.2. The van der Waals surface area contributed by atoms with Gasteiger partial charge >= 0.3 is 0 Å². The van der Waals surface area contributed by atoms with Crippen LogP contribution in [0.1, 0.15) is 238 Å². The summed E-state index contributed by atoms with van der Waals surface area (Å²) in [6.45, 7) is 33.1. The van der Waals surface area contributed by atoms with Gasteiger partial charge in [-0.2, -0.15) is 0 Å². The first-order valence-electron chi connectivity index (χ1n) is 27.7. The van der Waals surface area contributed by atoms with E-state index in [0.717, 1.165) is 78.9 Å². The smallest absolute Gasteiger partial charge is 0.176 e. The lowest BCUT2D eigenvalue weighted by Gasteiger charge is -2.69. The van der Waals surface area contributed by atoms with Gasteiger partial charge in [-0.05, 0) is 208 Å². The van der Waals surface area contributed by atoms with Crippen LogP contribution in [0.2, 0.25) is 0 Å². The number of carbonyl (C=O) groups is 1. The van der Waals surface area contributed by atoms with Gasteiger partial charge in [0.05, 0.1) is 5.76 Å². The average Bonchev–Trinajstić information content (AvgIpc) is 3.78. The van der Waals surface area contributed by atoms with E-state index < -0.39 is 5.60 Å². The Morgan fingerprint density at radius 1 is 0.548 bits per heavy atom. The monoisotopic (exact) mass is 849 g/mol. The van der Waals surface area contributed by atoms with Gasteiger partial charge in [-0.3, -0.25) is 4.79 Å². The molecule has 2 nitrogen and oxygen atoms in total. The molecule has 0 aromatic rings. The maximum absolute atomic E-state index is 14.6. The molecular weight excluding hydrogens is 753 g/mol. The molecule has 5 fully saturated rings. The highest BCUT2D eigenvalue weighted by Crippen LogP contribution is 2.76. The Kier molecular flexibility index (Phi) is 12.0. The fourth-order valence-electron chi connectivity index (χ4n) is 20.0. The van der Waals surface area contributed by atoms with E-state index in [9.17, 15) is 4.79 Å². The molecule has 5 saturated carbocycles. The molecule has 0 amide bonds. The van der Waals surface area contributed by atoms with Crippen molar-refractivity contribution in [1.29, 1.82) is 0 Å². The first-order valence-corrected chi connectivity index (χ1v) is 27.7. The summed E-state index contributed by atoms with van der Waals surface area (Å²) in [4.78, 5) is 14.6. The second-order valence-corrected chi connectivity index (χ2v) is 26.5. The van der Waals surface area contributed by atoms with E-state index in [0.29, 0.717) is 40.3 Å². The summed E-state index contributed by atoms with van der Waals surface area (Å²) in [6, 6.07) is 0. The van der Waals surface area contributed by atoms with Gasteiger partial charge in [-0.15, -0.1) is 0 Å². The summed E-state index contributed by atoms with van der Waals surface area (Å²) in [7, 11) is 0. The van der Waals surface area contributed by atoms with Gasteiger partial charge in [0, 0.05) is 18.3 Å². The maximum Gasteiger partial charge on any atom is 0.176 e. The van der Waals surface area contributed by atoms with Crippen LogP contribution in [-0.2, 0) is 9.53 Å². The summed E-state index contributed by atoms with van der Waals surface area (Å²) in [5, 5.41) is 0. The first-order chi connectivity index (χ1) is 29.3. The van der Waals surface area contributed by atoms with E-state index in [-0.39, 0.29) is 10.8 Å². The Hall–Kier alpha value is -1.31. The van der Waals surface area contributed by atoms with Crippen molar-refractivity contribution in [2.24, 2.45) is 92.2 Å². The first kappa shape index (κ1) is 45.8. The average molecular weight is 849 g/mol. The van der Waals surface area contributed by atoms with Gasteiger partial charge < -0.3 is 4.74 Å². The van der Waals surface area contributed by atoms with Crippen LogP contribution in [0.15, 0.2) is 33.6 Å². The Bertz CT molecular complexity index is 1840. The molecule has 0 radical (unpaired) electrons. The van der Waals surface area contributed by atoms with Gasteiger partial charge in [-0.1, -0.05) is 131 Å². The van der Waals surface area contributed by atoms with Crippen molar-refractivity contribution in [2.45, 2.75) is 243 Å². The zero-order valence-corrected chi connectivity index (χ0v) is 42.9. The number of hydrogen-bond donors (Lipinski definition) is 0. The van der Waals surface area contributed by atoms with Gasteiger partial charge in [0.25, 0.3) is 0 Å². The molecule has 9 rings (SSSR count). The molecule has 15 atom stereocenters.